The lowest BCUT2D eigenvalue weighted by molar-refractivity contribution is 0.245. The predicted molar refractivity (Wildman–Crippen MR) is 111 cm³/mol. The summed E-state index contributed by atoms with van der Waals surface area (Å²) >= 11 is 5.41. The molecule has 1 aliphatic rings. The van der Waals surface area contributed by atoms with E-state index in [0.29, 0.717) is 0 Å². The fourth-order valence-corrected chi connectivity index (χ4v) is 5.82. The van der Waals surface area contributed by atoms with Crippen molar-refractivity contribution in [2.75, 3.05) is 6.54 Å². The van der Waals surface area contributed by atoms with Gasteiger partial charge in [0.2, 0.25) is 0 Å². The van der Waals surface area contributed by atoms with Gasteiger partial charge in [0, 0.05) is 52.4 Å². The van der Waals surface area contributed by atoms with Crippen LogP contribution in [0.3, 0.4) is 0 Å². The zero-order valence-electron chi connectivity index (χ0n) is 14.1. The smallest absolute Gasteiger partial charge is 0.169 e. The topological polar surface area (TPSA) is 29.0 Å². The Kier molecular flexibility index (Phi) is 4.42. The fraction of sp³-hybridized carbons (Fsp3) is 0.200. The summed E-state index contributed by atoms with van der Waals surface area (Å²) in [6, 6.07) is 13.0. The molecule has 3 nitrogen and oxygen atoms in total. The molecule has 0 atom stereocenters. The molecule has 0 aliphatic carbocycles. The molecule has 1 aliphatic heterocycles. The molecule has 0 spiro atoms. The molecule has 5 heterocycles. The first kappa shape index (κ1) is 16.3. The third-order valence-electron chi connectivity index (χ3n) is 4.56. The van der Waals surface area contributed by atoms with Gasteiger partial charge in [0.25, 0.3) is 0 Å². The minimum absolute atomic E-state index is 0.867. The molecule has 6 heteroatoms. The van der Waals surface area contributed by atoms with Crippen molar-refractivity contribution in [3.63, 3.8) is 0 Å². The number of fused-ring (bicyclic) bond motifs is 1. The molecule has 130 valence electrons. The Morgan fingerprint density at radius 3 is 2.62 bits per heavy atom. The van der Waals surface area contributed by atoms with Crippen molar-refractivity contribution >= 4 is 34.0 Å². The summed E-state index contributed by atoms with van der Waals surface area (Å²) in [5.41, 5.74) is 2.48. The maximum atomic E-state index is 4.81. The Hall–Kier alpha value is -1.86. The molecule has 26 heavy (non-hydrogen) atoms. The molecule has 0 aromatic carbocycles. The Labute approximate surface area is 164 Å². The standard InChI is InChI=1S/C20H17N3S3/c1-3-17(24-9-1)18-6-5-15(26-18)13-23-8-7-16-14(12-23)11-21-20(22-16)19-4-2-10-25-19/h1-6,9-11H,7-8,12-13H2. The Bertz CT molecular complexity index is 1000. The average molecular weight is 396 g/mol. The SMILES string of the molecule is c1csc(-c2ncc3c(n2)CCN(Cc2ccc(-c4cccs4)s2)C3)c1. The highest BCUT2D eigenvalue weighted by Gasteiger charge is 2.19. The number of nitrogens with zero attached hydrogens (tertiary/aromatic N) is 3. The molecule has 4 aromatic rings. The number of thiophene rings is 3. The van der Waals surface area contributed by atoms with Crippen molar-refractivity contribution < 1.29 is 0 Å². The summed E-state index contributed by atoms with van der Waals surface area (Å²) in [6.45, 7) is 2.99. The van der Waals surface area contributed by atoms with Crippen LogP contribution < -0.4 is 0 Å². The summed E-state index contributed by atoms with van der Waals surface area (Å²) in [6.07, 6.45) is 3.02. The molecule has 0 bridgehead atoms. The van der Waals surface area contributed by atoms with Crippen LogP contribution in [0, 0.1) is 0 Å². The van der Waals surface area contributed by atoms with Crippen molar-refractivity contribution in [1.29, 1.82) is 0 Å². The first-order valence-corrected chi connectivity index (χ1v) is 11.2. The van der Waals surface area contributed by atoms with Crippen molar-refractivity contribution in [2.45, 2.75) is 19.5 Å². The lowest BCUT2D eigenvalue weighted by Crippen LogP contribution is -2.30. The van der Waals surface area contributed by atoms with E-state index in [1.54, 1.807) is 11.3 Å². The van der Waals surface area contributed by atoms with Crippen molar-refractivity contribution in [3.05, 3.63) is 69.5 Å². The van der Waals surface area contributed by atoms with Gasteiger partial charge in [-0.25, -0.2) is 9.97 Å². The van der Waals surface area contributed by atoms with Gasteiger partial charge in [-0.15, -0.1) is 34.0 Å². The first-order valence-electron chi connectivity index (χ1n) is 8.59. The van der Waals surface area contributed by atoms with Crippen LogP contribution in [-0.2, 0) is 19.5 Å². The van der Waals surface area contributed by atoms with Gasteiger partial charge < -0.3 is 0 Å². The lowest BCUT2D eigenvalue weighted by atomic mass is 10.1. The molecule has 0 N–H and O–H groups in total. The van der Waals surface area contributed by atoms with Crippen LogP contribution >= 0.6 is 34.0 Å². The van der Waals surface area contributed by atoms with E-state index >= 15 is 0 Å². The van der Waals surface area contributed by atoms with Gasteiger partial charge in [-0.3, -0.25) is 4.90 Å². The highest BCUT2D eigenvalue weighted by Crippen LogP contribution is 2.32. The molecule has 0 amide bonds. The van der Waals surface area contributed by atoms with E-state index in [1.807, 2.05) is 28.9 Å². The Morgan fingerprint density at radius 1 is 0.962 bits per heavy atom. The molecule has 0 unspecified atom stereocenters. The highest BCUT2D eigenvalue weighted by atomic mass is 32.1. The third-order valence-corrected chi connectivity index (χ3v) is 7.56. The molecule has 0 saturated heterocycles. The summed E-state index contributed by atoms with van der Waals surface area (Å²) in [5, 5.41) is 4.21. The van der Waals surface area contributed by atoms with Gasteiger partial charge in [0.1, 0.15) is 0 Å². The zero-order chi connectivity index (χ0) is 17.3. The predicted octanol–water partition coefficient (Wildman–Crippen LogP) is 5.55. The number of aromatic nitrogens is 2. The van der Waals surface area contributed by atoms with Crippen LogP contribution in [0.25, 0.3) is 20.5 Å². The zero-order valence-corrected chi connectivity index (χ0v) is 16.5. The number of hydrogen-bond donors (Lipinski definition) is 0. The van der Waals surface area contributed by atoms with Crippen LogP contribution in [0.4, 0.5) is 0 Å². The maximum Gasteiger partial charge on any atom is 0.169 e. The molecule has 0 radical (unpaired) electrons. The minimum atomic E-state index is 0.867. The van der Waals surface area contributed by atoms with E-state index in [-0.39, 0.29) is 0 Å². The van der Waals surface area contributed by atoms with Gasteiger partial charge in [0.15, 0.2) is 5.82 Å². The van der Waals surface area contributed by atoms with Crippen molar-refractivity contribution in [1.82, 2.24) is 14.9 Å². The van der Waals surface area contributed by atoms with Crippen LogP contribution in [0.2, 0.25) is 0 Å². The third kappa shape index (κ3) is 3.25. The molecule has 5 rings (SSSR count). The normalized spacial score (nSPS) is 14.5. The second-order valence-corrected chi connectivity index (χ2v) is 9.41. The van der Waals surface area contributed by atoms with Gasteiger partial charge >= 0.3 is 0 Å². The highest BCUT2D eigenvalue weighted by molar-refractivity contribution is 7.21. The molecule has 0 fully saturated rings. The fourth-order valence-electron chi connectivity index (χ4n) is 3.27. The van der Waals surface area contributed by atoms with Crippen LogP contribution in [-0.4, -0.2) is 21.4 Å². The Balaban J connectivity index is 1.30. The van der Waals surface area contributed by atoms with E-state index in [4.69, 9.17) is 4.98 Å². The van der Waals surface area contributed by atoms with Gasteiger partial charge in [-0.2, -0.15) is 0 Å². The summed E-state index contributed by atoms with van der Waals surface area (Å²) in [7, 11) is 0. The van der Waals surface area contributed by atoms with Crippen molar-refractivity contribution in [2.24, 2.45) is 0 Å². The maximum absolute atomic E-state index is 4.81. The van der Waals surface area contributed by atoms with E-state index in [0.717, 1.165) is 36.8 Å². The quantitative estimate of drug-likeness (QED) is 0.453. The summed E-state index contributed by atoms with van der Waals surface area (Å²) in [5.74, 6) is 0.867. The average Bonchev–Trinajstić information content (AvgIpc) is 3.42. The first-order chi connectivity index (χ1) is 12.8. The van der Waals surface area contributed by atoms with Crippen LogP contribution in [0.15, 0.2) is 53.4 Å². The number of hydrogen-bond acceptors (Lipinski definition) is 6. The van der Waals surface area contributed by atoms with E-state index < -0.39 is 0 Å². The second kappa shape index (κ2) is 7.04. The molecule has 0 saturated carbocycles. The van der Waals surface area contributed by atoms with Gasteiger partial charge in [-0.05, 0) is 35.0 Å². The van der Waals surface area contributed by atoms with Crippen LogP contribution in [0.5, 0.6) is 0 Å². The van der Waals surface area contributed by atoms with Gasteiger partial charge in [0.05, 0.1) is 10.6 Å². The molecule has 4 aromatic heterocycles. The molecular formula is C20H17N3S3. The largest absolute Gasteiger partial charge is 0.293 e. The van der Waals surface area contributed by atoms with Crippen LogP contribution in [0.1, 0.15) is 16.1 Å². The second-order valence-electron chi connectivity index (χ2n) is 6.35. The molecular weight excluding hydrogens is 378 g/mol. The Morgan fingerprint density at radius 2 is 1.81 bits per heavy atom. The number of rotatable bonds is 4. The van der Waals surface area contributed by atoms with E-state index in [9.17, 15) is 0 Å². The summed E-state index contributed by atoms with van der Waals surface area (Å²) < 4.78 is 0. The van der Waals surface area contributed by atoms with E-state index in [1.165, 1.54) is 25.9 Å². The van der Waals surface area contributed by atoms with Crippen molar-refractivity contribution in [3.8, 4) is 20.5 Å². The van der Waals surface area contributed by atoms with Gasteiger partial charge in [-0.1, -0.05) is 12.1 Å². The summed E-state index contributed by atoms with van der Waals surface area (Å²) in [4.78, 5) is 17.2. The van der Waals surface area contributed by atoms with E-state index in [2.05, 4.69) is 57.0 Å². The lowest BCUT2D eigenvalue weighted by Gasteiger charge is -2.27. The minimum Gasteiger partial charge on any atom is -0.293 e. The monoisotopic (exact) mass is 395 g/mol.